The highest BCUT2D eigenvalue weighted by molar-refractivity contribution is 5.94. The van der Waals surface area contributed by atoms with Crippen LogP contribution in [0.25, 0.3) is 5.43 Å². The van der Waals surface area contributed by atoms with E-state index in [1.54, 1.807) is 13.8 Å². The largest absolute Gasteiger partial charge is 0.602 e. The molecule has 0 spiro atoms. The maximum Gasteiger partial charge on any atom is 0.310 e. The number of amides is 1. The van der Waals surface area contributed by atoms with Gasteiger partial charge in [-0.1, -0.05) is 54.1 Å². The van der Waals surface area contributed by atoms with Gasteiger partial charge in [0.25, 0.3) is 5.91 Å². The highest BCUT2D eigenvalue weighted by atomic mass is 16.4. The number of benzene rings is 3. The molecule has 0 fully saturated rings. The quantitative estimate of drug-likeness (QED) is 0.395. The van der Waals surface area contributed by atoms with Crippen LogP contribution in [0.1, 0.15) is 82.8 Å². The lowest BCUT2D eigenvalue weighted by Gasteiger charge is -2.35. The van der Waals surface area contributed by atoms with Gasteiger partial charge in [-0.15, -0.1) is 0 Å². The van der Waals surface area contributed by atoms with E-state index >= 15 is 0 Å². The Morgan fingerprint density at radius 1 is 0.975 bits per heavy atom. The summed E-state index contributed by atoms with van der Waals surface area (Å²) in [5, 5.41) is 12.5. The van der Waals surface area contributed by atoms with Crippen LogP contribution < -0.4 is 10.5 Å². The monoisotopic (exact) mass is 537 g/mol. The zero-order valence-electron chi connectivity index (χ0n) is 23.5. The van der Waals surface area contributed by atoms with Crippen molar-refractivity contribution in [2.75, 3.05) is 18.1 Å². The number of nitrogens with one attached hydrogen (secondary N) is 1. The van der Waals surface area contributed by atoms with E-state index in [1.807, 2.05) is 24.0 Å². The summed E-state index contributed by atoms with van der Waals surface area (Å²) in [7, 11) is 0. The fourth-order valence-electron chi connectivity index (χ4n) is 6.52. The van der Waals surface area contributed by atoms with Crippen molar-refractivity contribution < 1.29 is 14.7 Å². The molecule has 0 saturated heterocycles. The third kappa shape index (κ3) is 4.62. The molecule has 7 heteroatoms. The van der Waals surface area contributed by atoms with Crippen molar-refractivity contribution in [1.29, 1.82) is 0 Å². The highest BCUT2D eigenvalue weighted by Gasteiger charge is 2.40. The molecule has 208 valence electrons. The molecular weight excluding hydrogens is 500 g/mol. The Morgan fingerprint density at radius 3 is 2.55 bits per heavy atom. The second-order valence-electron chi connectivity index (χ2n) is 12.0. The van der Waals surface area contributed by atoms with Gasteiger partial charge < -0.3 is 26.0 Å². The van der Waals surface area contributed by atoms with Crippen molar-refractivity contribution in [2.45, 2.75) is 65.3 Å². The Bertz CT molecular complexity index is 1460. The Balaban J connectivity index is 1.46. The minimum Gasteiger partial charge on any atom is -0.602 e. The molecule has 2 N–H and O–H groups in total. The van der Waals surface area contributed by atoms with Crippen LogP contribution in [-0.4, -0.2) is 35.0 Å². The molecule has 0 aromatic heterocycles. The van der Waals surface area contributed by atoms with Crippen LogP contribution in [0.4, 0.5) is 11.4 Å². The summed E-state index contributed by atoms with van der Waals surface area (Å²) in [6.45, 7) is 7.68. The molecule has 40 heavy (non-hydrogen) atoms. The summed E-state index contributed by atoms with van der Waals surface area (Å²) in [6, 6.07) is 18.6. The van der Waals surface area contributed by atoms with Gasteiger partial charge >= 0.3 is 5.97 Å². The van der Waals surface area contributed by atoms with Crippen molar-refractivity contribution in [3.05, 3.63) is 99.0 Å². The van der Waals surface area contributed by atoms with Crippen molar-refractivity contribution in [1.82, 2.24) is 10.4 Å². The molecule has 7 nitrogen and oxygen atoms in total. The van der Waals surface area contributed by atoms with Crippen LogP contribution in [0.5, 0.6) is 0 Å². The summed E-state index contributed by atoms with van der Waals surface area (Å²) < 4.78 is 0. The van der Waals surface area contributed by atoms with Crippen molar-refractivity contribution in [2.24, 2.45) is 5.41 Å². The lowest BCUT2D eigenvalue weighted by atomic mass is 9.69. The van der Waals surface area contributed by atoms with Gasteiger partial charge in [0.2, 0.25) is 0 Å². The molecule has 0 aliphatic carbocycles. The molecule has 3 aromatic carbocycles. The second-order valence-corrected chi connectivity index (χ2v) is 12.0. The van der Waals surface area contributed by atoms with Crippen LogP contribution in [0.2, 0.25) is 0 Å². The van der Waals surface area contributed by atoms with Gasteiger partial charge in [0, 0.05) is 36.8 Å². The smallest absolute Gasteiger partial charge is 0.310 e. The first-order valence-corrected chi connectivity index (χ1v) is 14.3. The van der Waals surface area contributed by atoms with E-state index in [0.29, 0.717) is 13.1 Å². The maximum atomic E-state index is 13.5. The van der Waals surface area contributed by atoms with Crippen LogP contribution in [0.3, 0.4) is 0 Å². The Kier molecular flexibility index (Phi) is 6.78. The Labute approximate surface area is 236 Å². The number of hydrogen-bond acceptors (Lipinski definition) is 4. The number of aryl methyl sites for hydroxylation is 1. The van der Waals surface area contributed by atoms with Gasteiger partial charge in [-0.25, -0.2) is 0 Å². The molecule has 6 heterocycles. The summed E-state index contributed by atoms with van der Waals surface area (Å²) in [6.07, 6.45) is 4.97. The van der Waals surface area contributed by atoms with E-state index in [1.165, 1.54) is 11.1 Å². The third-order valence-corrected chi connectivity index (χ3v) is 9.02. The van der Waals surface area contributed by atoms with E-state index in [4.69, 9.17) is 0 Å². The highest BCUT2D eigenvalue weighted by Crippen LogP contribution is 2.48. The zero-order valence-corrected chi connectivity index (χ0v) is 23.5. The third-order valence-electron chi connectivity index (χ3n) is 9.02. The number of carboxylic acids is 1. The number of anilines is 1. The van der Waals surface area contributed by atoms with Crippen molar-refractivity contribution in [3.8, 4) is 0 Å². The first-order chi connectivity index (χ1) is 19.2. The number of aliphatic carboxylic acids is 1. The fraction of sp³-hybridized carbons (Fsp3) is 0.394. The molecule has 6 aliphatic rings. The molecular formula is C33H37N4O3-. The van der Waals surface area contributed by atoms with Gasteiger partial charge in [0.1, 0.15) is 0 Å². The molecule has 1 atom stereocenters. The molecule has 1 unspecified atom stereocenters. The predicted molar refractivity (Wildman–Crippen MR) is 157 cm³/mol. The van der Waals surface area contributed by atoms with Crippen molar-refractivity contribution in [3.63, 3.8) is 0 Å². The number of hydrazine groups is 1. The van der Waals surface area contributed by atoms with Gasteiger partial charge in [-0.2, -0.15) is 0 Å². The van der Waals surface area contributed by atoms with E-state index < -0.39 is 17.3 Å². The van der Waals surface area contributed by atoms with Crippen LogP contribution in [0, 0.1) is 12.3 Å². The van der Waals surface area contributed by atoms with Crippen molar-refractivity contribution >= 4 is 23.3 Å². The predicted octanol–water partition coefficient (Wildman–Crippen LogP) is 6.41. The minimum absolute atomic E-state index is 0.0448. The first kappa shape index (κ1) is 26.4. The van der Waals surface area contributed by atoms with Crippen LogP contribution in [0.15, 0.2) is 54.6 Å². The SMILES string of the molecule is Cc1c2ccc3c1[N-]NN3CCCCCc1ccc(cc1)C(=O)N1CCc3ccc(cc3C1)C2C(C)(C)C(=O)O. The number of carbonyl (C=O) groups excluding carboxylic acids is 1. The molecule has 9 bridgehead atoms. The number of rotatable bonds is 2. The lowest BCUT2D eigenvalue weighted by Crippen LogP contribution is -2.36. The molecule has 0 saturated carbocycles. The Hall–Kier alpha value is -3.84. The number of hydrogen-bond donors (Lipinski definition) is 2. The van der Waals surface area contributed by atoms with E-state index in [9.17, 15) is 14.7 Å². The van der Waals surface area contributed by atoms with E-state index in [-0.39, 0.29) is 5.91 Å². The van der Waals surface area contributed by atoms with E-state index in [2.05, 4.69) is 58.4 Å². The van der Waals surface area contributed by atoms with Crippen LogP contribution in [-0.2, 0) is 24.2 Å². The molecule has 3 aromatic rings. The summed E-state index contributed by atoms with van der Waals surface area (Å²) in [5.74, 6) is -1.20. The first-order valence-electron chi connectivity index (χ1n) is 14.3. The molecule has 0 radical (unpaired) electrons. The topological polar surface area (TPSA) is 87.0 Å². The van der Waals surface area contributed by atoms with Crippen LogP contribution >= 0.6 is 0 Å². The average molecular weight is 538 g/mol. The van der Waals surface area contributed by atoms with Gasteiger partial charge in [0.15, 0.2) is 0 Å². The summed E-state index contributed by atoms with van der Waals surface area (Å²) >= 11 is 0. The average Bonchev–Trinajstić information content (AvgIpc) is 3.37. The molecule has 6 aliphatic heterocycles. The Morgan fingerprint density at radius 2 is 1.77 bits per heavy atom. The number of carboxylic acid groups (broad SMARTS) is 1. The number of carbonyl (C=O) groups is 2. The molecule has 1 amide bonds. The van der Waals surface area contributed by atoms with Gasteiger partial charge in [-0.3, -0.25) is 9.59 Å². The zero-order chi connectivity index (χ0) is 28.0. The van der Waals surface area contributed by atoms with E-state index in [0.717, 1.165) is 77.8 Å². The fourth-order valence-corrected chi connectivity index (χ4v) is 6.52. The molecule has 9 rings (SSSR count). The normalized spacial score (nSPS) is 19.1. The van der Waals surface area contributed by atoms with Gasteiger partial charge in [-0.05, 0) is 92.5 Å². The lowest BCUT2D eigenvalue weighted by molar-refractivity contribution is -0.147. The standard InChI is InChI=1S/C33H37N4O3/c1-21-27-14-15-28-30(21)34-35-37(28)17-6-4-5-7-22-8-10-24(11-9-22)31(38)36-18-16-23-12-13-25(19-26(23)20-36)29(27)33(2,3)32(39)40/h8-15,19,29,35H,4-7,16-18,20H2,1-3H3,(H,39,40)/q-1. The number of nitrogens with zero attached hydrogens (tertiary/aromatic N) is 3. The summed E-state index contributed by atoms with van der Waals surface area (Å²) in [4.78, 5) is 28.0. The minimum atomic E-state index is -1.07. The van der Waals surface area contributed by atoms with Gasteiger partial charge in [0.05, 0.1) is 5.41 Å². The summed E-state index contributed by atoms with van der Waals surface area (Å²) in [5.41, 5.74) is 15.9. The maximum absolute atomic E-state index is 13.5. The second kappa shape index (κ2) is 10.3.